The molecule has 0 amide bonds. The Labute approximate surface area is 116 Å². The summed E-state index contributed by atoms with van der Waals surface area (Å²) in [6, 6.07) is 4.81. The number of hydrogen-bond acceptors (Lipinski definition) is 5. The van der Waals surface area contributed by atoms with E-state index in [0.29, 0.717) is 57.0 Å². The third-order valence-corrected chi connectivity index (χ3v) is 3.71. The molecule has 108 valence electrons. The number of halogens is 1. The Morgan fingerprint density at radius 1 is 1.30 bits per heavy atom. The van der Waals surface area contributed by atoms with E-state index in [2.05, 4.69) is 5.32 Å². The van der Waals surface area contributed by atoms with Crippen molar-refractivity contribution in [2.75, 3.05) is 44.4 Å². The third kappa shape index (κ3) is 2.30. The van der Waals surface area contributed by atoms with E-state index in [1.165, 1.54) is 6.07 Å². The average molecular weight is 280 g/mol. The monoisotopic (exact) mass is 280 g/mol. The largest absolute Gasteiger partial charge is 0.378 e. The van der Waals surface area contributed by atoms with Crippen LogP contribution in [-0.2, 0) is 20.0 Å². The highest BCUT2D eigenvalue weighted by molar-refractivity contribution is 5.67. The first-order valence-electron chi connectivity index (χ1n) is 6.73. The molecule has 2 aliphatic rings. The molecule has 0 bridgehead atoms. The van der Waals surface area contributed by atoms with Crippen LogP contribution in [0.3, 0.4) is 0 Å². The van der Waals surface area contributed by atoms with Gasteiger partial charge in [-0.2, -0.15) is 0 Å². The third-order valence-electron chi connectivity index (χ3n) is 3.71. The number of aldehydes is 1. The molecule has 1 aromatic carbocycles. The summed E-state index contributed by atoms with van der Waals surface area (Å²) in [5.41, 5.74) is -0.166. The molecule has 0 saturated carbocycles. The second kappa shape index (κ2) is 5.47. The molecule has 2 fully saturated rings. The van der Waals surface area contributed by atoms with Crippen LogP contribution in [0.5, 0.6) is 0 Å². The molecule has 6 heteroatoms. The van der Waals surface area contributed by atoms with Gasteiger partial charge in [-0.05, 0) is 12.1 Å². The summed E-state index contributed by atoms with van der Waals surface area (Å²) >= 11 is 0. The van der Waals surface area contributed by atoms with E-state index in [4.69, 9.17) is 9.47 Å². The molecule has 0 radical (unpaired) electrons. The zero-order valence-electron chi connectivity index (χ0n) is 11.1. The summed E-state index contributed by atoms with van der Waals surface area (Å²) in [4.78, 5) is 13.2. The number of carbonyl (C=O) groups is 1. The van der Waals surface area contributed by atoms with E-state index < -0.39 is 5.72 Å². The summed E-state index contributed by atoms with van der Waals surface area (Å²) in [6.45, 7) is 3.55. The summed E-state index contributed by atoms with van der Waals surface area (Å²) in [7, 11) is 0. The molecule has 1 N–H and O–H groups in total. The number of benzene rings is 1. The smallest absolute Gasteiger partial charge is 0.202 e. The number of carbonyl (C=O) groups excluding carboxylic acids is 1. The van der Waals surface area contributed by atoms with Gasteiger partial charge in [0.25, 0.3) is 0 Å². The van der Waals surface area contributed by atoms with Crippen molar-refractivity contribution in [2.24, 2.45) is 0 Å². The highest BCUT2D eigenvalue weighted by Crippen LogP contribution is 2.29. The van der Waals surface area contributed by atoms with Crippen LogP contribution < -0.4 is 10.2 Å². The maximum absolute atomic E-state index is 14.3. The van der Waals surface area contributed by atoms with E-state index in [-0.39, 0.29) is 5.82 Å². The van der Waals surface area contributed by atoms with E-state index >= 15 is 0 Å². The maximum Gasteiger partial charge on any atom is 0.202 e. The van der Waals surface area contributed by atoms with Gasteiger partial charge in [-0.25, -0.2) is 4.39 Å². The molecule has 0 aromatic heterocycles. The topological polar surface area (TPSA) is 50.8 Å². The SMILES string of the molecule is O=CC1(c2ccc(N3CCOCC3)c(F)c2)NCCO1. The van der Waals surface area contributed by atoms with Gasteiger partial charge in [0.1, 0.15) is 5.82 Å². The Morgan fingerprint density at radius 3 is 2.70 bits per heavy atom. The summed E-state index contributed by atoms with van der Waals surface area (Å²) < 4.78 is 25.0. The minimum atomic E-state index is -1.20. The summed E-state index contributed by atoms with van der Waals surface area (Å²) in [5.74, 6) is -0.345. The van der Waals surface area contributed by atoms with Crippen molar-refractivity contribution in [2.45, 2.75) is 5.72 Å². The predicted molar refractivity (Wildman–Crippen MR) is 71.1 cm³/mol. The molecular formula is C14H17FN2O3. The Hall–Kier alpha value is -1.50. The van der Waals surface area contributed by atoms with E-state index in [0.717, 1.165) is 0 Å². The quantitative estimate of drug-likeness (QED) is 0.823. The molecular weight excluding hydrogens is 263 g/mol. The molecule has 0 aliphatic carbocycles. The van der Waals surface area contributed by atoms with Gasteiger partial charge in [-0.1, -0.05) is 6.07 Å². The van der Waals surface area contributed by atoms with Gasteiger partial charge in [-0.3, -0.25) is 10.1 Å². The van der Waals surface area contributed by atoms with Crippen molar-refractivity contribution in [1.29, 1.82) is 0 Å². The molecule has 1 atom stereocenters. The fourth-order valence-corrected chi connectivity index (χ4v) is 2.63. The Morgan fingerprint density at radius 2 is 2.10 bits per heavy atom. The zero-order valence-corrected chi connectivity index (χ0v) is 11.1. The normalized spacial score (nSPS) is 26.8. The zero-order chi connectivity index (χ0) is 14.0. The number of morpholine rings is 1. The molecule has 1 aromatic rings. The lowest BCUT2D eigenvalue weighted by molar-refractivity contribution is -0.128. The lowest BCUT2D eigenvalue weighted by Gasteiger charge is -2.30. The molecule has 3 rings (SSSR count). The molecule has 2 heterocycles. The Balaban J connectivity index is 1.88. The fraction of sp³-hybridized carbons (Fsp3) is 0.500. The lowest BCUT2D eigenvalue weighted by atomic mass is 10.0. The van der Waals surface area contributed by atoms with Crippen molar-refractivity contribution in [1.82, 2.24) is 5.32 Å². The van der Waals surface area contributed by atoms with Gasteiger partial charge in [0.05, 0.1) is 25.5 Å². The van der Waals surface area contributed by atoms with Crippen LogP contribution in [0, 0.1) is 5.82 Å². The van der Waals surface area contributed by atoms with Gasteiger partial charge < -0.3 is 14.4 Å². The first-order valence-corrected chi connectivity index (χ1v) is 6.73. The van der Waals surface area contributed by atoms with Crippen LogP contribution in [0.2, 0.25) is 0 Å². The number of rotatable bonds is 3. The van der Waals surface area contributed by atoms with Crippen molar-refractivity contribution >= 4 is 12.0 Å². The molecule has 1 unspecified atom stereocenters. The highest BCUT2D eigenvalue weighted by Gasteiger charge is 2.37. The molecule has 0 spiro atoms. The van der Waals surface area contributed by atoms with Gasteiger partial charge in [-0.15, -0.1) is 0 Å². The molecule has 2 aliphatic heterocycles. The standard InChI is InChI=1S/C14H17FN2O3/c15-12-9-11(14(10-18)16-3-6-20-14)1-2-13(12)17-4-7-19-8-5-17/h1-2,9-10,16H,3-8H2. The van der Waals surface area contributed by atoms with Crippen LogP contribution in [0.4, 0.5) is 10.1 Å². The highest BCUT2D eigenvalue weighted by atomic mass is 19.1. The van der Waals surface area contributed by atoms with Gasteiger partial charge in [0, 0.05) is 25.2 Å². The van der Waals surface area contributed by atoms with Crippen LogP contribution in [-0.4, -0.2) is 45.7 Å². The average Bonchev–Trinajstić information content (AvgIpc) is 2.98. The van der Waals surface area contributed by atoms with Crippen LogP contribution in [0.15, 0.2) is 18.2 Å². The Kier molecular flexibility index (Phi) is 3.69. The van der Waals surface area contributed by atoms with Crippen LogP contribution in [0.1, 0.15) is 5.56 Å². The minimum absolute atomic E-state index is 0.345. The molecule has 2 saturated heterocycles. The number of ether oxygens (including phenoxy) is 2. The van der Waals surface area contributed by atoms with Crippen LogP contribution >= 0.6 is 0 Å². The van der Waals surface area contributed by atoms with Crippen molar-refractivity contribution in [3.05, 3.63) is 29.6 Å². The minimum Gasteiger partial charge on any atom is -0.378 e. The van der Waals surface area contributed by atoms with Gasteiger partial charge in [0.2, 0.25) is 5.72 Å². The molecule has 5 nitrogen and oxygen atoms in total. The van der Waals surface area contributed by atoms with E-state index in [1.807, 2.05) is 4.90 Å². The second-order valence-corrected chi connectivity index (χ2v) is 4.89. The molecule has 20 heavy (non-hydrogen) atoms. The number of anilines is 1. The van der Waals surface area contributed by atoms with E-state index in [1.54, 1.807) is 12.1 Å². The van der Waals surface area contributed by atoms with Crippen molar-refractivity contribution in [3.63, 3.8) is 0 Å². The number of nitrogens with one attached hydrogen (secondary N) is 1. The predicted octanol–water partition coefficient (Wildman–Crippen LogP) is 0.634. The lowest BCUT2D eigenvalue weighted by Crippen LogP contribution is -2.40. The fourth-order valence-electron chi connectivity index (χ4n) is 2.63. The summed E-state index contributed by atoms with van der Waals surface area (Å²) in [6.07, 6.45) is 0.684. The maximum atomic E-state index is 14.3. The van der Waals surface area contributed by atoms with Gasteiger partial charge >= 0.3 is 0 Å². The second-order valence-electron chi connectivity index (χ2n) is 4.89. The first kappa shape index (κ1) is 13.5. The van der Waals surface area contributed by atoms with Crippen molar-refractivity contribution < 1.29 is 18.7 Å². The van der Waals surface area contributed by atoms with Crippen LogP contribution in [0.25, 0.3) is 0 Å². The number of nitrogens with zero attached hydrogens (tertiary/aromatic N) is 1. The van der Waals surface area contributed by atoms with E-state index in [9.17, 15) is 9.18 Å². The first-order chi connectivity index (χ1) is 9.75. The van der Waals surface area contributed by atoms with Gasteiger partial charge in [0.15, 0.2) is 6.29 Å². The summed E-state index contributed by atoms with van der Waals surface area (Å²) in [5, 5.41) is 2.97. The Bertz CT molecular complexity index is 497. The number of hydrogen-bond donors (Lipinski definition) is 1. The van der Waals surface area contributed by atoms with Crippen molar-refractivity contribution in [3.8, 4) is 0 Å².